The number of anilines is 2. The molecule has 3 rings (SSSR count). The molecule has 0 saturated heterocycles. The minimum absolute atomic E-state index is 0.0222. The maximum Gasteiger partial charge on any atom is 0.417 e. The second kappa shape index (κ2) is 7.59. The van der Waals surface area contributed by atoms with Crippen molar-refractivity contribution in [3.8, 4) is 0 Å². The molecule has 2 amide bonds. The van der Waals surface area contributed by atoms with Crippen LogP contribution in [0, 0.1) is 0 Å². The van der Waals surface area contributed by atoms with Crippen molar-refractivity contribution in [1.82, 2.24) is 4.98 Å². The first-order valence-electron chi connectivity index (χ1n) is 8.11. The average Bonchev–Trinajstić information content (AvgIpc) is 3.03. The van der Waals surface area contributed by atoms with Crippen LogP contribution in [0.15, 0.2) is 41.6 Å². The summed E-state index contributed by atoms with van der Waals surface area (Å²) in [4.78, 5) is 29.0. The fourth-order valence-corrected chi connectivity index (χ4v) is 3.42. The summed E-state index contributed by atoms with van der Waals surface area (Å²) >= 11 is 1.05. The normalized spacial score (nSPS) is 13.4. The number of amides is 2. The third-order valence-electron chi connectivity index (χ3n) is 4.05. The number of alkyl halides is 3. The summed E-state index contributed by atoms with van der Waals surface area (Å²) in [6.45, 7) is 2.13. The van der Waals surface area contributed by atoms with Gasteiger partial charge in [0.05, 0.1) is 16.3 Å². The first-order chi connectivity index (χ1) is 12.7. The molecule has 1 N–H and O–H groups in total. The minimum Gasteiger partial charge on any atom is -0.325 e. The lowest BCUT2D eigenvalue weighted by molar-refractivity contribution is -0.137. The Bertz CT molecular complexity index is 869. The van der Waals surface area contributed by atoms with E-state index in [0.29, 0.717) is 17.3 Å². The van der Waals surface area contributed by atoms with Gasteiger partial charge in [-0.2, -0.15) is 13.2 Å². The van der Waals surface area contributed by atoms with Gasteiger partial charge in [0.2, 0.25) is 11.8 Å². The van der Waals surface area contributed by atoms with Crippen molar-refractivity contribution in [2.45, 2.75) is 24.5 Å². The highest BCUT2D eigenvalue weighted by molar-refractivity contribution is 7.99. The summed E-state index contributed by atoms with van der Waals surface area (Å²) < 4.78 is 37.5. The first kappa shape index (κ1) is 19.2. The van der Waals surface area contributed by atoms with Gasteiger partial charge in [-0.05, 0) is 42.3 Å². The monoisotopic (exact) mass is 395 g/mol. The van der Waals surface area contributed by atoms with E-state index >= 15 is 0 Å². The van der Waals surface area contributed by atoms with Crippen LogP contribution in [0.4, 0.5) is 24.5 Å². The number of nitrogens with zero attached hydrogens (tertiary/aromatic N) is 2. The smallest absolute Gasteiger partial charge is 0.325 e. The number of benzene rings is 1. The number of hydrogen-bond donors (Lipinski definition) is 1. The van der Waals surface area contributed by atoms with Crippen molar-refractivity contribution in [1.29, 1.82) is 0 Å². The van der Waals surface area contributed by atoms with Gasteiger partial charge in [-0.25, -0.2) is 4.98 Å². The highest BCUT2D eigenvalue weighted by Crippen LogP contribution is 2.31. The van der Waals surface area contributed by atoms with E-state index in [4.69, 9.17) is 0 Å². The molecule has 2 aromatic rings. The molecule has 0 radical (unpaired) electrons. The molecule has 0 spiro atoms. The molecular weight excluding hydrogens is 379 g/mol. The van der Waals surface area contributed by atoms with E-state index in [-0.39, 0.29) is 17.6 Å². The number of rotatable bonds is 4. The van der Waals surface area contributed by atoms with Crippen LogP contribution in [0.25, 0.3) is 0 Å². The Morgan fingerprint density at radius 1 is 1.26 bits per heavy atom. The lowest BCUT2D eigenvalue weighted by Crippen LogP contribution is -2.25. The number of nitrogens with one attached hydrogen (secondary N) is 1. The number of aromatic nitrogens is 1. The van der Waals surface area contributed by atoms with Gasteiger partial charge in [0.25, 0.3) is 0 Å². The molecule has 1 aliphatic heterocycles. The van der Waals surface area contributed by atoms with Crippen molar-refractivity contribution >= 4 is 35.0 Å². The van der Waals surface area contributed by atoms with Crippen LogP contribution in [-0.4, -0.2) is 29.1 Å². The molecular formula is C18H16F3N3O2S. The van der Waals surface area contributed by atoms with Crippen LogP contribution in [-0.2, 0) is 22.2 Å². The fourth-order valence-electron chi connectivity index (χ4n) is 2.78. The van der Waals surface area contributed by atoms with Crippen molar-refractivity contribution < 1.29 is 22.8 Å². The lowest BCUT2D eigenvalue weighted by atomic mass is 10.1. The molecule has 0 atom stereocenters. The van der Waals surface area contributed by atoms with E-state index in [2.05, 4.69) is 10.3 Å². The van der Waals surface area contributed by atoms with Gasteiger partial charge in [-0.1, -0.05) is 11.8 Å². The van der Waals surface area contributed by atoms with E-state index in [9.17, 15) is 22.8 Å². The van der Waals surface area contributed by atoms with Gasteiger partial charge in [0, 0.05) is 31.0 Å². The Hall–Kier alpha value is -2.55. The predicted octanol–water partition coefficient (Wildman–Crippen LogP) is 3.74. The van der Waals surface area contributed by atoms with Gasteiger partial charge in [0.1, 0.15) is 0 Å². The first-order valence-corrected chi connectivity index (χ1v) is 9.09. The van der Waals surface area contributed by atoms with Gasteiger partial charge >= 0.3 is 6.18 Å². The zero-order chi connectivity index (χ0) is 19.6. The Morgan fingerprint density at radius 3 is 2.67 bits per heavy atom. The SMILES string of the molecule is CC(=O)N1CCc2cc(NC(=O)CSc3ccc(C(F)(F)F)cn3)ccc21. The minimum atomic E-state index is -4.43. The van der Waals surface area contributed by atoms with Crippen molar-refractivity contribution in [2.75, 3.05) is 22.5 Å². The Balaban J connectivity index is 1.56. The lowest BCUT2D eigenvalue weighted by Gasteiger charge is -2.15. The fraction of sp³-hybridized carbons (Fsp3) is 0.278. The molecule has 9 heteroatoms. The molecule has 142 valence electrons. The van der Waals surface area contributed by atoms with Crippen LogP contribution in [0.2, 0.25) is 0 Å². The van der Waals surface area contributed by atoms with Crippen molar-refractivity contribution in [3.05, 3.63) is 47.7 Å². The predicted molar refractivity (Wildman–Crippen MR) is 96.8 cm³/mol. The Morgan fingerprint density at radius 2 is 2.04 bits per heavy atom. The number of hydrogen-bond acceptors (Lipinski definition) is 4. The molecule has 0 aliphatic carbocycles. The van der Waals surface area contributed by atoms with Crippen molar-refractivity contribution in [3.63, 3.8) is 0 Å². The summed E-state index contributed by atoms with van der Waals surface area (Å²) in [5.41, 5.74) is 1.63. The molecule has 0 bridgehead atoms. The van der Waals surface area contributed by atoms with E-state index in [0.717, 1.165) is 41.7 Å². The Labute approximate surface area is 158 Å². The number of fused-ring (bicyclic) bond motifs is 1. The summed E-state index contributed by atoms with van der Waals surface area (Å²) in [6, 6.07) is 7.53. The van der Waals surface area contributed by atoms with E-state index in [1.165, 1.54) is 13.0 Å². The largest absolute Gasteiger partial charge is 0.417 e. The zero-order valence-corrected chi connectivity index (χ0v) is 15.2. The number of thioether (sulfide) groups is 1. The van der Waals surface area contributed by atoms with Crippen LogP contribution in [0.1, 0.15) is 18.1 Å². The van der Waals surface area contributed by atoms with Crippen LogP contribution >= 0.6 is 11.8 Å². The topological polar surface area (TPSA) is 62.3 Å². The van der Waals surface area contributed by atoms with Crippen LogP contribution in [0.3, 0.4) is 0 Å². The van der Waals surface area contributed by atoms with Gasteiger partial charge in [-0.3, -0.25) is 9.59 Å². The van der Waals surface area contributed by atoms with Gasteiger partial charge < -0.3 is 10.2 Å². The van der Waals surface area contributed by atoms with Crippen molar-refractivity contribution in [2.24, 2.45) is 0 Å². The molecule has 0 unspecified atom stereocenters. The molecule has 2 heterocycles. The quantitative estimate of drug-likeness (QED) is 0.802. The molecule has 1 aliphatic rings. The second-order valence-corrected chi connectivity index (χ2v) is 6.98. The molecule has 1 aromatic heterocycles. The van der Waals surface area contributed by atoms with Gasteiger partial charge in [0.15, 0.2) is 0 Å². The third kappa shape index (κ3) is 4.60. The number of carbonyl (C=O) groups is 2. The number of halogens is 3. The molecule has 1 aromatic carbocycles. The number of carbonyl (C=O) groups excluding carboxylic acids is 2. The van der Waals surface area contributed by atoms with E-state index < -0.39 is 11.7 Å². The maximum absolute atomic E-state index is 12.5. The van der Waals surface area contributed by atoms with E-state index in [1.807, 2.05) is 6.07 Å². The summed E-state index contributed by atoms with van der Waals surface area (Å²) in [5, 5.41) is 3.09. The standard InChI is InChI=1S/C18H16F3N3O2S/c1-11(25)24-7-6-12-8-14(3-4-15(12)24)23-16(26)10-27-17-5-2-13(9-22-17)18(19,20)21/h2-5,8-9H,6-7,10H2,1H3,(H,23,26). The van der Waals surface area contributed by atoms with Crippen LogP contribution in [0.5, 0.6) is 0 Å². The summed E-state index contributed by atoms with van der Waals surface area (Å²) in [5.74, 6) is -0.288. The van der Waals surface area contributed by atoms with Crippen LogP contribution < -0.4 is 10.2 Å². The molecule has 27 heavy (non-hydrogen) atoms. The summed E-state index contributed by atoms with van der Waals surface area (Å²) in [6.07, 6.45) is -2.95. The molecule has 5 nitrogen and oxygen atoms in total. The van der Waals surface area contributed by atoms with E-state index in [1.54, 1.807) is 17.0 Å². The second-order valence-electron chi connectivity index (χ2n) is 5.98. The third-order valence-corrected chi connectivity index (χ3v) is 5.00. The highest BCUT2D eigenvalue weighted by Gasteiger charge is 2.30. The number of pyridine rings is 1. The zero-order valence-electron chi connectivity index (χ0n) is 14.3. The highest BCUT2D eigenvalue weighted by atomic mass is 32.2. The van der Waals surface area contributed by atoms with Gasteiger partial charge in [-0.15, -0.1) is 0 Å². The Kier molecular flexibility index (Phi) is 5.41. The molecule has 0 saturated carbocycles. The summed E-state index contributed by atoms with van der Waals surface area (Å²) in [7, 11) is 0. The maximum atomic E-state index is 12.5. The molecule has 0 fully saturated rings. The average molecular weight is 395 g/mol.